The summed E-state index contributed by atoms with van der Waals surface area (Å²) in [7, 11) is 0. The lowest BCUT2D eigenvalue weighted by atomic mass is 9.76. The summed E-state index contributed by atoms with van der Waals surface area (Å²) in [6, 6.07) is 9.00. The highest BCUT2D eigenvalue weighted by molar-refractivity contribution is 5.81. The molecule has 2 heteroatoms. The Morgan fingerprint density at radius 2 is 1.94 bits per heavy atom. The highest BCUT2D eigenvalue weighted by Crippen LogP contribution is 2.35. The predicted octanol–water partition coefficient (Wildman–Crippen LogP) is 3.05. The fourth-order valence-corrected chi connectivity index (χ4v) is 2.78. The summed E-state index contributed by atoms with van der Waals surface area (Å²) < 4.78 is 0. The van der Waals surface area contributed by atoms with E-state index in [1.165, 1.54) is 11.1 Å². The van der Waals surface area contributed by atoms with E-state index >= 15 is 0 Å². The number of nitrogens with one attached hydrogen (secondary N) is 1. The normalized spacial score (nSPS) is 27.6. The Morgan fingerprint density at radius 3 is 2.39 bits per heavy atom. The number of hydrogen-bond donors (Lipinski definition) is 1. The van der Waals surface area contributed by atoms with Gasteiger partial charge in [-0.1, -0.05) is 45.0 Å². The van der Waals surface area contributed by atoms with Gasteiger partial charge in [-0.25, -0.2) is 0 Å². The first-order valence-electron chi connectivity index (χ1n) is 6.80. The summed E-state index contributed by atoms with van der Waals surface area (Å²) in [4.78, 5) is 11.5. The molecule has 0 saturated carbocycles. The van der Waals surface area contributed by atoms with E-state index in [9.17, 15) is 4.79 Å². The minimum Gasteiger partial charge on any atom is -0.353 e. The smallest absolute Gasteiger partial charge is 0.221 e. The van der Waals surface area contributed by atoms with Gasteiger partial charge < -0.3 is 5.32 Å². The van der Waals surface area contributed by atoms with Crippen molar-refractivity contribution in [3.05, 3.63) is 35.4 Å². The molecule has 1 N–H and O–H groups in total. The third-order valence-electron chi connectivity index (χ3n) is 4.12. The number of carbonyl (C=O) groups excluding carboxylic acids is 1. The molecule has 0 aliphatic carbocycles. The summed E-state index contributed by atoms with van der Waals surface area (Å²) in [5.74, 6) is 0.844. The van der Waals surface area contributed by atoms with E-state index in [0.29, 0.717) is 12.3 Å². The first-order valence-corrected chi connectivity index (χ1v) is 6.80. The third kappa shape index (κ3) is 2.43. The van der Waals surface area contributed by atoms with Crippen LogP contribution in [0.4, 0.5) is 0 Å². The molecule has 0 spiro atoms. The van der Waals surface area contributed by atoms with Crippen LogP contribution in [0.3, 0.4) is 0 Å². The maximum atomic E-state index is 11.5. The van der Waals surface area contributed by atoms with Gasteiger partial charge in [0.25, 0.3) is 0 Å². The second-order valence-corrected chi connectivity index (χ2v) is 6.18. The number of carbonyl (C=O) groups is 1. The SMILES string of the molecule is CC(C)Cc1ccc(C2(C)CC(=O)NC2C)cc1. The summed E-state index contributed by atoms with van der Waals surface area (Å²) in [6.07, 6.45) is 1.71. The molecule has 18 heavy (non-hydrogen) atoms. The van der Waals surface area contributed by atoms with E-state index in [1.807, 2.05) is 0 Å². The van der Waals surface area contributed by atoms with Crippen LogP contribution in [0.25, 0.3) is 0 Å². The van der Waals surface area contributed by atoms with E-state index in [2.05, 4.69) is 57.3 Å². The molecular formula is C16H23NO. The standard InChI is InChI=1S/C16H23NO/c1-11(2)9-13-5-7-14(8-6-13)16(4)10-15(18)17-12(16)3/h5-8,11-12H,9-10H2,1-4H3,(H,17,18). The van der Waals surface area contributed by atoms with Gasteiger partial charge in [0, 0.05) is 17.9 Å². The van der Waals surface area contributed by atoms with Crippen molar-refractivity contribution in [1.82, 2.24) is 5.32 Å². The largest absolute Gasteiger partial charge is 0.353 e. The molecule has 1 aromatic carbocycles. The third-order valence-corrected chi connectivity index (χ3v) is 4.12. The summed E-state index contributed by atoms with van der Waals surface area (Å²) in [5.41, 5.74) is 2.58. The van der Waals surface area contributed by atoms with E-state index in [-0.39, 0.29) is 17.4 Å². The number of benzene rings is 1. The molecule has 1 amide bonds. The Balaban J connectivity index is 2.21. The number of amides is 1. The van der Waals surface area contributed by atoms with Gasteiger partial charge in [0.05, 0.1) is 0 Å². The van der Waals surface area contributed by atoms with Gasteiger partial charge in [-0.2, -0.15) is 0 Å². The molecule has 2 rings (SSSR count). The van der Waals surface area contributed by atoms with Gasteiger partial charge in [0.15, 0.2) is 0 Å². The molecule has 1 aliphatic rings. The highest BCUT2D eigenvalue weighted by Gasteiger charge is 2.41. The van der Waals surface area contributed by atoms with Crippen molar-refractivity contribution in [3.63, 3.8) is 0 Å². The molecule has 1 saturated heterocycles. The van der Waals surface area contributed by atoms with Crippen molar-refractivity contribution in [2.45, 2.75) is 52.0 Å². The van der Waals surface area contributed by atoms with Gasteiger partial charge >= 0.3 is 0 Å². The average molecular weight is 245 g/mol. The lowest BCUT2D eigenvalue weighted by molar-refractivity contribution is -0.119. The van der Waals surface area contributed by atoms with E-state index < -0.39 is 0 Å². The fourth-order valence-electron chi connectivity index (χ4n) is 2.78. The molecule has 1 aliphatic heterocycles. The van der Waals surface area contributed by atoms with Gasteiger partial charge in [-0.3, -0.25) is 4.79 Å². The van der Waals surface area contributed by atoms with E-state index in [4.69, 9.17) is 0 Å². The Labute approximate surface area is 110 Å². The van der Waals surface area contributed by atoms with Gasteiger partial charge in [0.2, 0.25) is 5.91 Å². The Hall–Kier alpha value is -1.31. The monoisotopic (exact) mass is 245 g/mol. The molecule has 98 valence electrons. The van der Waals surface area contributed by atoms with E-state index in [1.54, 1.807) is 0 Å². The van der Waals surface area contributed by atoms with Crippen LogP contribution in [0.5, 0.6) is 0 Å². The van der Waals surface area contributed by atoms with Crippen LogP contribution >= 0.6 is 0 Å². The zero-order chi connectivity index (χ0) is 13.3. The maximum Gasteiger partial charge on any atom is 0.221 e. The minimum absolute atomic E-state index is 0.0621. The number of hydrogen-bond acceptors (Lipinski definition) is 1. The minimum atomic E-state index is -0.0621. The zero-order valence-electron chi connectivity index (χ0n) is 11.8. The zero-order valence-corrected chi connectivity index (χ0v) is 11.8. The number of rotatable bonds is 3. The van der Waals surface area contributed by atoms with Crippen molar-refractivity contribution < 1.29 is 4.79 Å². The molecule has 0 radical (unpaired) electrons. The molecule has 1 aromatic rings. The van der Waals surface area contributed by atoms with Crippen LogP contribution in [0.1, 0.15) is 45.2 Å². The van der Waals surface area contributed by atoms with E-state index in [0.717, 1.165) is 6.42 Å². The highest BCUT2D eigenvalue weighted by atomic mass is 16.2. The van der Waals surface area contributed by atoms with Gasteiger partial charge in [-0.05, 0) is 30.4 Å². The molecule has 2 unspecified atom stereocenters. The van der Waals surface area contributed by atoms with Crippen molar-refractivity contribution in [1.29, 1.82) is 0 Å². The van der Waals surface area contributed by atoms with Crippen molar-refractivity contribution in [3.8, 4) is 0 Å². The average Bonchev–Trinajstić information content (AvgIpc) is 2.53. The molecule has 1 fully saturated rings. The summed E-state index contributed by atoms with van der Waals surface area (Å²) in [6.45, 7) is 8.73. The predicted molar refractivity (Wildman–Crippen MR) is 74.6 cm³/mol. The molecule has 2 nitrogen and oxygen atoms in total. The topological polar surface area (TPSA) is 29.1 Å². The Morgan fingerprint density at radius 1 is 1.33 bits per heavy atom. The van der Waals surface area contributed by atoms with Crippen LogP contribution in [0, 0.1) is 5.92 Å². The Kier molecular flexibility index (Phi) is 3.47. The van der Waals surface area contributed by atoms with Crippen LogP contribution in [-0.2, 0) is 16.6 Å². The summed E-state index contributed by atoms with van der Waals surface area (Å²) in [5, 5.41) is 3.01. The van der Waals surface area contributed by atoms with Crippen LogP contribution in [0.15, 0.2) is 24.3 Å². The molecule has 1 heterocycles. The quantitative estimate of drug-likeness (QED) is 0.871. The first-order chi connectivity index (χ1) is 8.41. The second kappa shape index (κ2) is 4.75. The van der Waals surface area contributed by atoms with Crippen molar-refractivity contribution >= 4 is 5.91 Å². The lowest BCUT2D eigenvalue weighted by Gasteiger charge is -2.28. The van der Waals surface area contributed by atoms with Crippen LogP contribution < -0.4 is 5.32 Å². The molecule has 2 atom stereocenters. The Bertz CT molecular complexity index is 435. The first kappa shape index (κ1) is 13.1. The van der Waals surface area contributed by atoms with Gasteiger partial charge in [-0.15, -0.1) is 0 Å². The van der Waals surface area contributed by atoms with Crippen molar-refractivity contribution in [2.75, 3.05) is 0 Å². The van der Waals surface area contributed by atoms with Crippen LogP contribution in [0.2, 0.25) is 0 Å². The fraction of sp³-hybridized carbons (Fsp3) is 0.562. The van der Waals surface area contributed by atoms with Crippen molar-refractivity contribution in [2.24, 2.45) is 5.92 Å². The molecular weight excluding hydrogens is 222 g/mol. The maximum absolute atomic E-state index is 11.5. The second-order valence-electron chi connectivity index (χ2n) is 6.18. The molecule has 0 bridgehead atoms. The lowest BCUT2D eigenvalue weighted by Crippen LogP contribution is -2.35. The summed E-state index contributed by atoms with van der Waals surface area (Å²) >= 11 is 0. The molecule has 0 aromatic heterocycles. The van der Waals surface area contributed by atoms with Gasteiger partial charge in [0.1, 0.15) is 0 Å². The van der Waals surface area contributed by atoms with Crippen LogP contribution in [-0.4, -0.2) is 11.9 Å².